The number of hydrogen-bond donors (Lipinski definition) is 2. The summed E-state index contributed by atoms with van der Waals surface area (Å²) in [5, 5.41) is 6.11. The molecule has 2 amide bonds. The summed E-state index contributed by atoms with van der Waals surface area (Å²) < 4.78 is 0. The van der Waals surface area contributed by atoms with Crippen LogP contribution in [0, 0.1) is 11.8 Å². The van der Waals surface area contributed by atoms with E-state index in [0.29, 0.717) is 36.1 Å². The Morgan fingerprint density at radius 2 is 1.64 bits per heavy atom. The molecule has 6 heteroatoms. The first-order valence-corrected chi connectivity index (χ1v) is 14.5. The predicted molar refractivity (Wildman–Crippen MR) is 157 cm³/mol. The van der Waals surface area contributed by atoms with Crippen LogP contribution in [0.25, 0.3) is 0 Å². The van der Waals surface area contributed by atoms with Crippen LogP contribution >= 0.6 is 0 Å². The molecule has 1 aliphatic heterocycles. The van der Waals surface area contributed by atoms with Crippen LogP contribution in [0.2, 0.25) is 0 Å². The molecule has 0 unspecified atom stereocenters. The zero-order valence-electron chi connectivity index (χ0n) is 22.8. The van der Waals surface area contributed by atoms with Crippen molar-refractivity contribution in [3.63, 3.8) is 0 Å². The van der Waals surface area contributed by atoms with Crippen LogP contribution in [0.3, 0.4) is 0 Å². The Balaban J connectivity index is 1.26. The van der Waals surface area contributed by atoms with Crippen molar-refractivity contribution >= 4 is 23.2 Å². The standard InChI is InChI=1S/C33H40N4O2/c38-32(15-12-25-7-4-5-8-25)36-29-13-14-31(30(22-29)33(39)35-24-28-11-6-18-34-23-28)37-19-16-27(17-20-37)21-26-9-2-1-3-10-26/h1-3,6,9-11,13-14,18,22-23,25,27H,4-5,7-8,12,15-17,19-21,24H2,(H,35,39)(H,36,38). The second-order valence-electron chi connectivity index (χ2n) is 11.1. The van der Waals surface area contributed by atoms with Gasteiger partial charge >= 0.3 is 0 Å². The van der Waals surface area contributed by atoms with Gasteiger partial charge in [-0.05, 0) is 72.9 Å². The first-order chi connectivity index (χ1) is 19.1. The Labute approximate surface area is 232 Å². The molecule has 1 saturated carbocycles. The van der Waals surface area contributed by atoms with Crippen LogP contribution in [0.1, 0.15) is 72.9 Å². The van der Waals surface area contributed by atoms with Gasteiger partial charge in [-0.15, -0.1) is 0 Å². The third-order valence-corrected chi connectivity index (χ3v) is 8.28. The Kier molecular flexibility index (Phi) is 9.26. The molecule has 2 fully saturated rings. The maximum absolute atomic E-state index is 13.5. The van der Waals surface area contributed by atoms with Gasteiger partial charge in [-0.3, -0.25) is 14.6 Å². The zero-order valence-corrected chi connectivity index (χ0v) is 22.8. The van der Waals surface area contributed by atoms with E-state index in [1.54, 1.807) is 12.4 Å². The van der Waals surface area contributed by atoms with Gasteiger partial charge < -0.3 is 15.5 Å². The summed E-state index contributed by atoms with van der Waals surface area (Å²) in [4.78, 5) is 32.6. The summed E-state index contributed by atoms with van der Waals surface area (Å²) >= 11 is 0. The van der Waals surface area contributed by atoms with Gasteiger partial charge in [0, 0.05) is 49.8 Å². The lowest BCUT2D eigenvalue weighted by atomic mass is 9.89. The molecule has 0 bridgehead atoms. The van der Waals surface area contributed by atoms with E-state index in [0.717, 1.165) is 50.0 Å². The SMILES string of the molecule is O=C(CCC1CCCC1)Nc1ccc(N2CCC(Cc3ccccc3)CC2)c(C(=O)NCc2cccnc2)c1. The minimum absolute atomic E-state index is 0.0260. The molecule has 2 aromatic carbocycles. The van der Waals surface area contributed by atoms with Crippen LogP contribution in [0.4, 0.5) is 11.4 Å². The van der Waals surface area contributed by atoms with Crippen molar-refractivity contribution in [2.75, 3.05) is 23.3 Å². The molecule has 3 aromatic rings. The number of aromatic nitrogens is 1. The average molecular weight is 525 g/mol. The number of anilines is 2. The first kappa shape index (κ1) is 26.9. The molecular weight excluding hydrogens is 484 g/mol. The lowest BCUT2D eigenvalue weighted by Gasteiger charge is -2.35. The number of nitrogens with one attached hydrogen (secondary N) is 2. The van der Waals surface area contributed by atoms with Crippen LogP contribution < -0.4 is 15.5 Å². The average Bonchev–Trinajstić information content (AvgIpc) is 3.50. The van der Waals surface area contributed by atoms with E-state index < -0.39 is 0 Å². The van der Waals surface area contributed by atoms with Gasteiger partial charge in [-0.1, -0.05) is 62.1 Å². The topological polar surface area (TPSA) is 74.3 Å². The third-order valence-electron chi connectivity index (χ3n) is 8.28. The highest BCUT2D eigenvalue weighted by Crippen LogP contribution is 2.31. The lowest BCUT2D eigenvalue weighted by Crippen LogP contribution is -2.36. The number of hydrogen-bond acceptors (Lipinski definition) is 4. The van der Waals surface area contributed by atoms with Crippen molar-refractivity contribution < 1.29 is 9.59 Å². The Hall–Kier alpha value is -3.67. The van der Waals surface area contributed by atoms with Crippen molar-refractivity contribution in [2.24, 2.45) is 11.8 Å². The molecule has 1 saturated heterocycles. The predicted octanol–water partition coefficient (Wildman–Crippen LogP) is 6.38. The highest BCUT2D eigenvalue weighted by atomic mass is 16.2. The summed E-state index contributed by atoms with van der Waals surface area (Å²) in [7, 11) is 0. The fraction of sp³-hybridized carbons (Fsp3) is 0.424. The summed E-state index contributed by atoms with van der Waals surface area (Å²) in [5.74, 6) is 1.21. The summed E-state index contributed by atoms with van der Waals surface area (Å²) in [6, 6.07) is 20.3. The molecule has 0 spiro atoms. The van der Waals surface area contributed by atoms with Crippen LogP contribution in [-0.4, -0.2) is 29.9 Å². The van der Waals surface area contributed by atoms with Gasteiger partial charge in [-0.2, -0.15) is 0 Å². The number of piperidine rings is 1. The largest absolute Gasteiger partial charge is 0.371 e. The maximum atomic E-state index is 13.5. The van der Waals surface area contributed by atoms with E-state index in [-0.39, 0.29) is 11.8 Å². The van der Waals surface area contributed by atoms with Crippen LogP contribution in [0.5, 0.6) is 0 Å². The fourth-order valence-corrected chi connectivity index (χ4v) is 6.03. The minimum Gasteiger partial charge on any atom is -0.371 e. The number of pyridine rings is 1. The van der Waals surface area contributed by atoms with Crippen molar-refractivity contribution in [3.05, 3.63) is 89.7 Å². The molecule has 0 atom stereocenters. The second-order valence-corrected chi connectivity index (χ2v) is 11.1. The molecule has 204 valence electrons. The Morgan fingerprint density at radius 1 is 0.872 bits per heavy atom. The molecular formula is C33H40N4O2. The zero-order chi connectivity index (χ0) is 26.9. The second kappa shape index (κ2) is 13.4. The van der Waals surface area contributed by atoms with Gasteiger partial charge in [0.05, 0.1) is 5.56 Å². The molecule has 1 aliphatic carbocycles. The van der Waals surface area contributed by atoms with E-state index in [2.05, 4.69) is 50.8 Å². The number of rotatable bonds is 10. The molecule has 6 nitrogen and oxygen atoms in total. The quantitative estimate of drug-likeness (QED) is 0.323. The Bertz CT molecular complexity index is 1220. The highest BCUT2D eigenvalue weighted by Gasteiger charge is 2.24. The van der Waals surface area contributed by atoms with E-state index in [1.165, 1.54) is 31.2 Å². The summed E-state index contributed by atoms with van der Waals surface area (Å²) in [5.41, 5.74) is 4.56. The van der Waals surface area contributed by atoms with Gasteiger partial charge in [0.2, 0.25) is 5.91 Å². The molecule has 39 heavy (non-hydrogen) atoms. The number of carbonyl (C=O) groups is 2. The molecule has 2 N–H and O–H groups in total. The van der Waals surface area contributed by atoms with E-state index in [9.17, 15) is 9.59 Å². The smallest absolute Gasteiger partial charge is 0.253 e. The highest BCUT2D eigenvalue weighted by molar-refractivity contribution is 6.02. The number of nitrogens with zero attached hydrogens (tertiary/aromatic N) is 2. The molecule has 2 heterocycles. The van der Waals surface area contributed by atoms with Crippen LogP contribution in [-0.2, 0) is 17.8 Å². The maximum Gasteiger partial charge on any atom is 0.253 e. The summed E-state index contributed by atoms with van der Waals surface area (Å²) in [6.07, 6.45) is 13.3. The number of amides is 2. The van der Waals surface area contributed by atoms with Crippen molar-refractivity contribution in [1.29, 1.82) is 0 Å². The number of benzene rings is 2. The third kappa shape index (κ3) is 7.69. The van der Waals surface area contributed by atoms with Gasteiger partial charge in [0.15, 0.2) is 0 Å². The normalized spacial score (nSPS) is 16.3. The fourth-order valence-electron chi connectivity index (χ4n) is 6.03. The van der Waals surface area contributed by atoms with Crippen molar-refractivity contribution in [1.82, 2.24) is 10.3 Å². The van der Waals surface area contributed by atoms with Gasteiger partial charge in [0.1, 0.15) is 0 Å². The minimum atomic E-state index is -0.137. The first-order valence-electron chi connectivity index (χ1n) is 14.5. The molecule has 1 aromatic heterocycles. The summed E-state index contributed by atoms with van der Waals surface area (Å²) in [6.45, 7) is 2.23. The van der Waals surface area contributed by atoms with Gasteiger partial charge in [-0.25, -0.2) is 0 Å². The van der Waals surface area contributed by atoms with E-state index >= 15 is 0 Å². The van der Waals surface area contributed by atoms with Gasteiger partial charge in [0.25, 0.3) is 5.91 Å². The van der Waals surface area contributed by atoms with E-state index in [4.69, 9.17) is 0 Å². The van der Waals surface area contributed by atoms with Crippen LogP contribution in [0.15, 0.2) is 73.1 Å². The van der Waals surface area contributed by atoms with Crippen molar-refractivity contribution in [3.8, 4) is 0 Å². The van der Waals surface area contributed by atoms with E-state index in [1.807, 2.05) is 30.3 Å². The number of carbonyl (C=O) groups excluding carboxylic acids is 2. The lowest BCUT2D eigenvalue weighted by molar-refractivity contribution is -0.116. The molecule has 0 radical (unpaired) electrons. The Morgan fingerprint density at radius 3 is 2.38 bits per heavy atom. The monoisotopic (exact) mass is 524 g/mol. The molecule has 2 aliphatic rings. The van der Waals surface area contributed by atoms with Crippen molar-refractivity contribution in [2.45, 2.75) is 64.3 Å². The molecule has 5 rings (SSSR count).